The molecule has 0 aromatic heterocycles. The van der Waals surface area contributed by atoms with Crippen LogP contribution in [-0.2, 0) is 26.2 Å². The number of hydrogen-bond donors (Lipinski definition) is 1. The van der Waals surface area contributed by atoms with Gasteiger partial charge in [-0.15, -0.1) is 0 Å². The minimum Gasteiger partial charge on any atom is -0.486 e. The summed E-state index contributed by atoms with van der Waals surface area (Å²) in [5.74, 6) is -1.82. The predicted molar refractivity (Wildman–Crippen MR) is 153 cm³/mol. The first kappa shape index (κ1) is 30.8. The second-order valence-electron chi connectivity index (χ2n) is 9.90. The molecule has 0 radical (unpaired) electrons. The Hall–Kier alpha value is -4.19. The Bertz CT molecular complexity index is 1530. The fourth-order valence-corrected chi connectivity index (χ4v) is 5.74. The number of carbonyl (C=O) groups excluding carboxylic acids is 2. The number of amides is 2. The molecule has 9 nitrogen and oxygen atoms in total. The van der Waals surface area contributed by atoms with Gasteiger partial charge < -0.3 is 19.7 Å². The van der Waals surface area contributed by atoms with Crippen molar-refractivity contribution in [2.24, 2.45) is 0 Å². The van der Waals surface area contributed by atoms with Crippen LogP contribution in [0.25, 0.3) is 0 Å². The molecular weight excluding hydrogens is 568 g/mol. The Balaban J connectivity index is 1.72. The molecule has 1 heterocycles. The summed E-state index contributed by atoms with van der Waals surface area (Å²) in [5, 5.41) is 2.82. The van der Waals surface area contributed by atoms with Gasteiger partial charge in [-0.3, -0.25) is 13.9 Å². The first-order valence-corrected chi connectivity index (χ1v) is 15.0. The summed E-state index contributed by atoms with van der Waals surface area (Å²) in [6.07, 6.45) is 0.645. The Morgan fingerprint density at radius 3 is 2.29 bits per heavy atom. The van der Waals surface area contributed by atoms with E-state index in [-0.39, 0.29) is 41.1 Å². The third kappa shape index (κ3) is 6.99. The zero-order valence-corrected chi connectivity index (χ0v) is 24.4. The second kappa shape index (κ2) is 13.2. The van der Waals surface area contributed by atoms with Gasteiger partial charge in [0.2, 0.25) is 11.8 Å². The normalized spacial score (nSPS) is 14.0. The van der Waals surface area contributed by atoms with Gasteiger partial charge in [-0.25, -0.2) is 17.2 Å². The van der Waals surface area contributed by atoms with Crippen LogP contribution in [0.15, 0.2) is 71.6 Å². The number of fused-ring (bicyclic) bond motifs is 1. The number of hydrogen-bond acceptors (Lipinski definition) is 6. The second-order valence-corrected chi connectivity index (χ2v) is 11.8. The van der Waals surface area contributed by atoms with Crippen molar-refractivity contribution in [3.63, 3.8) is 0 Å². The number of rotatable bonds is 11. The highest BCUT2D eigenvalue weighted by Crippen LogP contribution is 2.34. The summed E-state index contributed by atoms with van der Waals surface area (Å²) in [4.78, 5) is 27.9. The van der Waals surface area contributed by atoms with Crippen LogP contribution in [0.1, 0.15) is 32.8 Å². The van der Waals surface area contributed by atoms with E-state index in [1.165, 1.54) is 55.5 Å². The fraction of sp³-hybridized carbons (Fsp3) is 0.333. The lowest BCUT2D eigenvalue weighted by Gasteiger charge is -2.32. The van der Waals surface area contributed by atoms with Crippen molar-refractivity contribution in [2.75, 3.05) is 24.1 Å². The number of anilines is 1. The molecule has 3 aromatic rings. The molecule has 224 valence electrons. The molecule has 0 unspecified atom stereocenters. The molecule has 0 saturated carbocycles. The molecule has 4 rings (SSSR count). The van der Waals surface area contributed by atoms with Gasteiger partial charge in [0, 0.05) is 24.2 Å². The Kier molecular flexibility index (Phi) is 9.66. The van der Waals surface area contributed by atoms with E-state index < -0.39 is 46.1 Å². The number of nitrogens with zero attached hydrogens (tertiary/aromatic N) is 2. The van der Waals surface area contributed by atoms with E-state index in [4.69, 9.17) is 9.47 Å². The number of benzene rings is 3. The molecule has 42 heavy (non-hydrogen) atoms. The lowest BCUT2D eigenvalue weighted by Crippen LogP contribution is -2.52. The SMILES string of the molecule is CC[C@@H](C)NC(=O)[C@@H](C)N(Cc1ccccc1F)C(=O)CN(c1ccc(F)cc1)S(=O)(=O)c1ccc2c(c1)OCCO2. The minimum atomic E-state index is -4.43. The lowest BCUT2D eigenvalue weighted by atomic mass is 10.1. The summed E-state index contributed by atoms with van der Waals surface area (Å²) >= 11 is 0. The average molecular weight is 602 g/mol. The maximum absolute atomic E-state index is 14.7. The van der Waals surface area contributed by atoms with E-state index >= 15 is 0 Å². The highest BCUT2D eigenvalue weighted by atomic mass is 32.2. The molecule has 2 amide bonds. The van der Waals surface area contributed by atoms with Gasteiger partial charge in [0.15, 0.2) is 11.5 Å². The number of sulfonamides is 1. The maximum Gasteiger partial charge on any atom is 0.264 e. The molecule has 0 spiro atoms. The third-order valence-corrected chi connectivity index (χ3v) is 8.73. The Labute approximate surface area is 244 Å². The molecular formula is C30H33F2N3O6S. The fourth-order valence-electron chi connectivity index (χ4n) is 4.31. The van der Waals surface area contributed by atoms with Crippen molar-refractivity contribution in [2.45, 2.75) is 50.7 Å². The van der Waals surface area contributed by atoms with Gasteiger partial charge in [-0.1, -0.05) is 25.1 Å². The van der Waals surface area contributed by atoms with Crippen LogP contribution in [0.4, 0.5) is 14.5 Å². The molecule has 1 aliphatic rings. The van der Waals surface area contributed by atoms with E-state index in [1.54, 1.807) is 6.07 Å². The Morgan fingerprint density at radius 1 is 0.952 bits per heavy atom. The number of ether oxygens (including phenoxy) is 2. The van der Waals surface area contributed by atoms with Crippen molar-refractivity contribution >= 4 is 27.5 Å². The molecule has 0 aliphatic carbocycles. The monoisotopic (exact) mass is 601 g/mol. The van der Waals surface area contributed by atoms with Crippen LogP contribution in [-0.4, -0.2) is 57.0 Å². The molecule has 1 N–H and O–H groups in total. The van der Waals surface area contributed by atoms with Crippen molar-refractivity contribution in [1.29, 1.82) is 0 Å². The molecule has 0 bridgehead atoms. The smallest absolute Gasteiger partial charge is 0.264 e. The van der Waals surface area contributed by atoms with Gasteiger partial charge in [0.05, 0.1) is 10.6 Å². The summed E-state index contributed by atoms with van der Waals surface area (Å²) in [6, 6.07) is 13.3. The topological polar surface area (TPSA) is 105 Å². The van der Waals surface area contributed by atoms with Gasteiger partial charge in [0.1, 0.15) is 37.4 Å². The van der Waals surface area contributed by atoms with E-state index in [0.717, 1.165) is 21.3 Å². The van der Waals surface area contributed by atoms with Crippen molar-refractivity contribution in [3.8, 4) is 11.5 Å². The van der Waals surface area contributed by atoms with Crippen LogP contribution in [0, 0.1) is 11.6 Å². The lowest BCUT2D eigenvalue weighted by molar-refractivity contribution is -0.139. The standard InChI is InChI=1S/C30H33F2N3O6S/c1-4-20(2)33-30(37)21(3)34(18-22-7-5-6-8-26(22)32)29(36)19-35(24-11-9-23(31)10-12-24)42(38,39)25-13-14-27-28(17-25)41-16-15-40-27/h5-14,17,20-21H,4,15-16,18-19H2,1-3H3,(H,33,37)/t20-,21-/m1/s1. The predicted octanol–water partition coefficient (Wildman–Crippen LogP) is 4.26. The highest BCUT2D eigenvalue weighted by molar-refractivity contribution is 7.92. The van der Waals surface area contributed by atoms with Gasteiger partial charge in [-0.05, 0) is 62.7 Å². The van der Waals surface area contributed by atoms with Gasteiger partial charge in [-0.2, -0.15) is 0 Å². The highest BCUT2D eigenvalue weighted by Gasteiger charge is 2.34. The number of nitrogens with one attached hydrogen (secondary N) is 1. The van der Waals surface area contributed by atoms with Crippen molar-refractivity contribution in [1.82, 2.24) is 10.2 Å². The summed E-state index contributed by atoms with van der Waals surface area (Å²) < 4.78 is 68.3. The van der Waals surface area contributed by atoms with Crippen LogP contribution < -0.4 is 19.1 Å². The largest absolute Gasteiger partial charge is 0.486 e. The maximum atomic E-state index is 14.7. The first-order chi connectivity index (χ1) is 20.0. The van der Waals surface area contributed by atoms with E-state index in [9.17, 15) is 26.8 Å². The van der Waals surface area contributed by atoms with E-state index in [0.29, 0.717) is 18.8 Å². The molecule has 1 aliphatic heterocycles. The molecule has 3 aromatic carbocycles. The van der Waals surface area contributed by atoms with Crippen LogP contribution in [0.3, 0.4) is 0 Å². The van der Waals surface area contributed by atoms with Gasteiger partial charge in [0.25, 0.3) is 10.0 Å². The van der Waals surface area contributed by atoms with Crippen molar-refractivity contribution < 1.29 is 36.3 Å². The first-order valence-electron chi connectivity index (χ1n) is 13.5. The summed E-state index contributed by atoms with van der Waals surface area (Å²) in [7, 11) is -4.43. The minimum absolute atomic E-state index is 0.0159. The molecule has 0 fully saturated rings. The summed E-state index contributed by atoms with van der Waals surface area (Å²) in [6.45, 7) is 4.70. The zero-order chi connectivity index (χ0) is 30.4. The average Bonchev–Trinajstić information content (AvgIpc) is 2.99. The van der Waals surface area contributed by atoms with E-state index in [2.05, 4.69) is 5.32 Å². The molecule has 0 saturated heterocycles. The van der Waals surface area contributed by atoms with Crippen LogP contribution in [0.2, 0.25) is 0 Å². The quantitative estimate of drug-likeness (QED) is 0.352. The number of carbonyl (C=O) groups is 2. The molecule has 2 atom stereocenters. The van der Waals surface area contributed by atoms with Crippen LogP contribution >= 0.6 is 0 Å². The zero-order valence-electron chi connectivity index (χ0n) is 23.5. The van der Waals surface area contributed by atoms with E-state index in [1.807, 2.05) is 13.8 Å². The third-order valence-electron chi connectivity index (χ3n) is 6.96. The summed E-state index contributed by atoms with van der Waals surface area (Å²) in [5.41, 5.74) is 0.166. The Morgan fingerprint density at radius 2 is 1.62 bits per heavy atom. The van der Waals surface area contributed by atoms with Crippen LogP contribution in [0.5, 0.6) is 11.5 Å². The number of halogens is 2. The van der Waals surface area contributed by atoms with Gasteiger partial charge >= 0.3 is 0 Å². The van der Waals surface area contributed by atoms with Crippen molar-refractivity contribution in [3.05, 3.63) is 83.9 Å². The molecule has 12 heteroatoms.